The van der Waals surface area contributed by atoms with Gasteiger partial charge in [0.05, 0.1) is 13.7 Å². The third-order valence-corrected chi connectivity index (χ3v) is 5.90. The first-order chi connectivity index (χ1) is 9.86. The van der Waals surface area contributed by atoms with Gasteiger partial charge in [0.2, 0.25) is 10.0 Å². The van der Waals surface area contributed by atoms with Crippen LogP contribution in [-0.4, -0.2) is 31.9 Å². The molecule has 0 radical (unpaired) electrons. The van der Waals surface area contributed by atoms with Gasteiger partial charge in [-0.2, -0.15) is 4.31 Å². The molecule has 0 spiro atoms. The monoisotopic (exact) mass is 326 g/mol. The van der Waals surface area contributed by atoms with Crippen molar-refractivity contribution in [2.75, 3.05) is 14.2 Å². The second kappa shape index (κ2) is 6.13. The first-order valence-corrected chi connectivity index (χ1v) is 8.68. The van der Waals surface area contributed by atoms with Crippen LogP contribution in [0.3, 0.4) is 0 Å². The van der Waals surface area contributed by atoms with Crippen LogP contribution in [0.1, 0.15) is 16.1 Å². The molecule has 2 rings (SSSR count). The van der Waals surface area contributed by atoms with Crippen molar-refractivity contribution in [3.8, 4) is 5.75 Å². The Kier molecular flexibility index (Phi) is 4.65. The van der Waals surface area contributed by atoms with E-state index < -0.39 is 10.0 Å². The second-order valence-corrected chi connectivity index (χ2v) is 7.77. The molecule has 0 aliphatic heterocycles. The molecule has 0 unspecified atom stereocenters. The van der Waals surface area contributed by atoms with E-state index in [1.165, 1.54) is 22.8 Å². The Labute approximate surface area is 129 Å². The van der Waals surface area contributed by atoms with Crippen molar-refractivity contribution in [3.05, 3.63) is 39.8 Å². The zero-order chi connectivity index (χ0) is 15.6. The van der Waals surface area contributed by atoms with Crippen molar-refractivity contribution in [3.63, 3.8) is 0 Å². The molecular formula is C14H18N2O3S2. The molecule has 1 aromatic carbocycles. The molecule has 0 bridgehead atoms. The number of sulfonamides is 1. The Balaban J connectivity index is 2.41. The van der Waals surface area contributed by atoms with Crippen LogP contribution >= 0.6 is 11.3 Å². The first-order valence-electron chi connectivity index (χ1n) is 6.36. The first kappa shape index (κ1) is 15.9. The number of benzene rings is 1. The summed E-state index contributed by atoms with van der Waals surface area (Å²) in [6.45, 7) is 4.05. The third kappa shape index (κ3) is 3.25. The highest BCUT2D eigenvalue weighted by Gasteiger charge is 2.26. The number of hydrogen-bond donors (Lipinski definition) is 0. The number of aromatic nitrogens is 1. The molecule has 0 aliphatic rings. The Morgan fingerprint density at radius 1 is 1.29 bits per heavy atom. The summed E-state index contributed by atoms with van der Waals surface area (Å²) in [6, 6.07) is 3.40. The van der Waals surface area contributed by atoms with Crippen molar-refractivity contribution in [2.24, 2.45) is 0 Å². The van der Waals surface area contributed by atoms with Crippen LogP contribution in [0.2, 0.25) is 0 Å². The van der Waals surface area contributed by atoms with Crippen molar-refractivity contribution in [1.82, 2.24) is 9.29 Å². The van der Waals surface area contributed by atoms with E-state index in [2.05, 4.69) is 4.98 Å². The smallest absolute Gasteiger partial charge is 0.246 e. The lowest BCUT2D eigenvalue weighted by atomic mass is 10.1. The predicted octanol–water partition coefficient (Wildman–Crippen LogP) is 2.59. The maximum Gasteiger partial charge on any atom is 0.246 e. The van der Waals surface area contributed by atoms with E-state index in [0.717, 1.165) is 16.1 Å². The molecule has 0 N–H and O–H groups in total. The molecule has 21 heavy (non-hydrogen) atoms. The van der Waals surface area contributed by atoms with Gasteiger partial charge in [-0.25, -0.2) is 13.4 Å². The van der Waals surface area contributed by atoms with Crippen molar-refractivity contribution in [1.29, 1.82) is 0 Å². The Bertz CT molecular complexity index is 725. The van der Waals surface area contributed by atoms with E-state index in [1.54, 1.807) is 25.4 Å². The standard InChI is InChI=1S/C14H18N2O3S2/c1-10-7-12(19-4)13(8-11(10)2)21(17,18)16(3)9-14-15-5-6-20-14/h5-8H,9H2,1-4H3. The van der Waals surface area contributed by atoms with Crippen LogP contribution in [0.25, 0.3) is 0 Å². The summed E-state index contributed by atoms with van der Waals surface area (Å²) in [6.07, 6.45) is 1.66. The van der Waals surface area contributed by atoms with Crippen molar-refractivity contribution in [2.45, 2.75) is 25.3 Å². The fraction of sp³-hybridized carbons (Fsp3) is 0.357. The van der Waals surface area contributed by atoms with E-state index in [9.17, 15) is 8.42 Å². The maximum atomic E-state index is 12.7. The summed E-state index contributed by atoms with van der Waals surface area (Å²) in [5, 5.41) is 2.58. The zero-order valence-electron chi connectivity index (χ0n) is 12.5. The van der Waals surface area contributed by atoms with Gasteiger partial charge in [0.15, 0.2) is 0 Å². The molecule has 2 aromatic rings. The summed E-state index contributed by atoms with van der Waals surface area (Å²) >= 11 is 1.43. The number of rotatable bonds is 5. The number of thiazole rings is 1. The molecule has 0 saturated heterocycles. The van der Waals surface area contributed by atoms with E-state index in [-0.39, 0.29) is 11.4 Å². The molecular weight excluding hydrogens is 308 g/mol. The largest absolute Gasteiger partial charge is 0.495 e. The highest BCUT2D eigenvalue weighted by Crippen LogP contribution is 2.30. The van der Waals surface area contributed by atoms with Gasteiger partial charge in [0, 0.05) is 18.6 Å². The number of hydrogen-bond acceptors (Lipinski definition) is 5. The molecule has 1 heterocycles. The maximum absolute atomic E-state index is 12.7. The van der Waals surface area contributed by atoms with Crippen molar-refractivity contribution >= 4 is 21.4 Å². The minimum absolute atomic E-state index is 0.187. The summed E-state index contributed by atoms with van der Waals surface area (Å²) < 4.78 is 32.0. The lowest BCUT2D eigenvalue weighted by molar-refractivity contribution is 0.397. The average Bonchev–Trinajstić information content (AvgIpc) is 2.94. The number of nitrogens with zero attached hydrogens (tertiary/aromatic N) is 2. The number of methoxy groups -OCH3 is 1. The lowest BCUT2D eigenvalue weighted by Gasteiger charge is -2.19. The minimum atomic E-state index is -3.62. The van der Waals surface area contributed by atoms with Gasteiger partial charge in [0.25, 0.3) is 0 Å². The van der Waals surface area contributed by atoms with E-state index in [4.69, 9.17) is 4.74 Å². The molecule has 0 saturated carbocycles. The molecule has 114 valence electrons. The molecule has 1 aromatic heterocycles. The van der Waals surface area contributed by atoms with E-state index in [1.807, 2.05) is 19.2 Å². The fourth-order valence-electron chi connectivity index (χ4n) is 1.90. The third-order valence-electron chi connectivity index (χ3n) is 3.31. The summed E-state index contributed by atoms with van der Waals surface area (Å²) in [5.74, 6) is 0.365. The number of aryl methyl sites for hydroxylation is 2. The molecule has 0 atom stereocenters. The van der Waals surface area contributed by atoms with Crippen LogP contribution < -0.4 is 4.74 Å². The summed E-state index contributed by atoms with van der Waals surface area (Å²) in [5.41, 5.74) is 1.91. The SMILES string of the molecule is COc1cc(C)c(C)cc1S(=O)(=O)N(C)Cc1nccs1. The van der Waals surface area contributed by atoms with Crippen LogP contribution in [0.15, 0.2) is 28.6 Å². The molecule has 0 fully saturated rings. The number of ether oxygens (including phenoxy) is 1. The van der Waals surface area contributed by atoms with Crippen LogP contribution in [0.4, 0.5) is 0 Å². The molecule has 7 heteroatoms. The fourth-order valence-corrected chi connectivity index (χ4v) is 4.00. The molecule has 5 nitrogen and oxygen atoms in total. The Hall–Kier alpha value is -1.44. The average molecular weight is 326 g/mol. The summed E-state index contributed by atoms with van der Waals surface area (Å²) in [4.78, 5) is 4.31. The van der Waals surface area contributed by atoms with Crippen LogP contribution in [-0.2, 0) is 16.6 Å². The van der Waals surface area contributed by atoms with E-state index >= 15 is 0 Å². The van der Waals surface area contributed by atoms with Crippen LogP contribution in [0.5, 0.6) is 5.75 Å². The second-order valence-electron chi connectivity index (χ2n) is 4.77. The zero-order valence-corrected chi connectivity index (χ0v) is 14.1. The van der Waals surface area contributed by atoms with Crippen molar-refractivity contribution < 1.29 is 13.2 Å². The minimum Gasteiger partial charge on any atom is -0.495 e. The topological polar surface area (TPSA) is 59.5 Å². The molecule has 0 aliphatic carbocycles. The highest BCUT2D eigenvalue weighted by atomic mass is 32.2. The van der Waals surface area contributed by atoms with Gasteiger partial charge in [-0.3, -0.25) is 0 Å². The molecule has 0 amide bonds. The Morgan fingerprint density at radius 2 is 1.95 bits per heavy atom. The Morgan fingerprint density at radius 3 is 2.52 bits per heavy atom. The quantitative estimate of drug-likeness (QED) is 0.847. The van der Waals surface area contributed by atoms with Crippen LogP contribution in [0, 0.1) is 13.8 Å². The normalized spacial score (nSPS) is 11.9. The van der Waals surface area contributed by atoms with Gasteiger partial charge >= 0.3 is 0 Å². The van der Waals surface area contributed by atoms with Gasteiger partial charge in [-0.15, -0.1) is 11.3 Å². The van der Waals surface area contributed by atoms with Gasteiger partial charge in [-0.1, -0.05) is 0 Å². The van der Waals surface area contributed by atoms with Gasteiger partial charge in [-0.05, 0) is 37.1 Å². The van der Waals surface area contributed by atoms with Gasteiger partial charge in [0.1, 0.15) is 15.7 Å². The van der Waals surface area contributed by atoms with Gasteiger partial charge < -0.3 is 4.74 Å². The van der Waals surface area contributed by atoms with E-state index in [0.29, 0.717) is 5.75 Å². The lowest BCUT2D eigenvalue weighted by Crippen LogP contribution is -2.27. The highest BCUT2D eigenvalue weighted by molar-refractivity contribution is 7.89. The summed E-state index contributed by atoms with van der Waals surface area (Å²) in [7, 11) is -0.599. The predicted molar refractivity (Wildman–Crippen MR) is 83.2 cm³/mol.